The van der Waals surface area contributed by atoms with Gasteiger partial charge in [-0.3, -0.25) is 14.4 Å². The first-order chi connectivity index (χ1) is 15.3. The van der Waals surface area contributed by atoms with Crippen LogP contribution < -0.4 is 10.9 Å². The minimum Gasteiger partial charge on any atom is -0.354 e. The molecule has 0 radical (unpaired) electrons. The van der Waals surface area contributed by atoms with Crippen molar-refractivity contribution in [3.05, 3.63) is 93.4 Å². The summed E-state index contributed by atoms with van der Waals surface area (Å²) in [4.78, 5) is 24.3. The first-order valence-corrected chi connectivity index (χ1v) is 9.90. The zero-order valence-electron chi connectivity index (χ0n) is 17.2. The SMILES string of the molecule is CCc1cc(C2=N[C@@H](C)C(c3ccc(F)nc3)(c3ccc(F)nc3)N2)cn(C(F)F)c1=O. The van der Waals surface area contributed by atoms with Crippen LogP contribution >= 0.6 is 0 Å². The van der Waals surface area contributed by atoms with E-state index in [0.29, 0.717) is 21.3 Å². The molecule has 0 aromatic carbocycles. The number of rotatable bonds is 5. The third-order valence-corrected chi connectivity index (χ3v) is 5.61. The number of aryl methyl sites for hydroxylation is 1. The second kappa shape index (κ2) is 8.18. The fourth-order valence-corrected chi connectivity index (χ4v) is 3.96. The molecule has 1 N–H and O–H groups in total. The number of nitrogens with zero attached hydrogens (tertiary/aromatic N) is 4. The van der Waals surface area contributed by atoms with Crippen LogP contribution in [0.5, 0.6) is 0 Å². The van der Waals surface area contributed by atoms with Crippen molar-refractivity contribution in [2.75, 3.05) is 0 Å². The van der Waals surface area contributed by atoms with Crippen molar-refractivity contribution >= 4 is 5.84 Å². The number of hydrogen-bond donors (Lipinski definition) is 1. The van der Waals surface area contributed by atoms with Crippen LogP contribution in [-0.4, -0.2) is 26.4 Å². The summed E-state index contributed by atoms with van der Waals surface area (Å²) in [6, 6.07) is 6.39. The number of pyridine rings is 3. The van der Waals surface area contributed by atoms with Crippen LogP contribution in [0, 0.1) is 11.9 Å². The normalized spacial score (nSPS) is 17.3. The van der Waals surface area contributed by atoms with Crippen LogP contribution in [0.25, 0.3) is 0 Å². The average molecular weight is 445 g/mol. The summed E-state index contributed by atoms with van der Waals surface area (Å²) in [5, 5.41) is 3.24. The van der Waals surface area contributed by atoms with Crippen molar-refractivity contribution in [2.24, 2.45) is 4.99 Å². The third-order valence-electron chi connectivity index (χ3n) is 5.61. The summed E-state index contributed by atoms with van der Waals surface area (Å²) in [5.74, 6) is -1.09. The van der Waals surface area contributed by atoms with Gasteiger partial charge in [-0.1, -0.05) is 19.1 Å². The highest BCUT2D eigenvalue weighted by Crippen LogP contribution is 2.38. The predicted molar refractivity (Wildman–Crippen MR) is 110 cm³/mol. The van der Waals surface area contributed by atoms with Crippen molar-refractivity contribution < 1.29 is 17.6 Å². The molecule has 0 saturated heterocycles. The molecule has 0 saturated carbocycles. The maximum atomic E-state index is 13.5. The summed E-state index contributed by atoms with van der Waals surface area (Å²) in [7, 11) is 0. The first-order valence-electron chi connectivity index (χ1n) is 9.90. The molecular formula is C22H19F4N5O. The molecule has 3 aromatic rings. The number of amidine groups is 1. The monoisotopic (exact) mass is 445 g/mol. The summed E-state index contributed by atoms with van der Waals surface area (Å²) in [6.07, 6.45) is 3.97. The molecule has 0 fully saturated rings. The third kappa shape index (κ3) is 3.55. The molecule has 3 aromatic heterocycles. The highest BCUT2D eigenvalue weighted by molar-refractivity contribution is 6.01. The molecule has 1 atom stereocenters. The van der Waals surface area contributed by atoms with Crippen LogP contribution in [-0.2, 0) is 12.0 Å². The van der Waals surface area contributed by atoms with E-state index in [1.54, 1.807) is 13.8 Å². The maximum Gasteiger partial charge on any atom is 0.321 e. The van der Waals surface area contributed by atoms with Crippen LogP contribution in [0.2, 0.25) is 0 Å². The minimum atomic E-state index is -3.01. The molecule has 0 bridgehead atoms. The Morgan fingerprint density at radius 3 is 2.16 bits per heavy atom. The van der Waals surface area contributed by atoms with Crippen molar-refractivity contribution in [2.45, 2.75) is 38.4 Å². The van der Waals surface area contributed by atoms with Crippen LogP contribution in [0.1, 0.15) is 42.7 Å². The van der Waals surface area contributed by atoms with Crippen LogP contribution in [0.4, 0.5) is 17.6 Å². The topological polar surface area (TPSA) is 72.2 Å². The number of alkyl halides is 2. The average Bonchev–Trinajstić information content (AvgIpc) is 3.12. The van der Waals surface area contributed by atoms with E-state index in [2.05, 4.69) is 20.3 Å². The van der Waals surface area contributed by atoms with E-state index in [4.69, 9.17) is 0 Å². The van der Waals surface area contributed by atoms with Gasteiger partial charge in [0.05, 0.1) is 6.04 Å². The van der Waals surface area contributed by atoms with Gasteiger partial charge in [-0.25, -0.2) is 9.97 Å². The second-order valence-electron chi connectivity index (χ2n) is 7.42. The number of aliphatic imine (C=N–C) groups is 1. The molecule has 32 heavy (non-hydrogen) atoms. The molecule has 10 heteroatoms. The standard InChI is InChI=1S/C22H19F4N5O/c1-3-13-8-14(11-31(20(13)32)21(25)26)19-29-12(2)22(30-19,15-4-6-17(23)27-9-15)16-5-7-18(24)28-10-16/h4-12,21H,3H2,1-2H3,(H,29,30)/t12-/m0/s1. The summed E-state index contributed by atoms with van der Waals surface area (Å²) in [6.45, 7) is 0.456. The van der Waals surface area contributed by atoms with Gasteiger partial charge in [0.1, 0.15) is 11.4 Å². The Morgan fingerprint density at radius 1 is 1.09 bits per heavy atom. The lowest BCUT2D eigenvalue weighted by Gasteiger charge is -2.34. The van der Waals surface area contributed by atoms with Gasteiger partial charge in [-0.2, -0.15) is 17.6 Å². The maximum absolute atomic E-state index is 13.5. The lowest BCUT2D eigenvalue weighted by Crippen LogP contribution is -2.48. The molecule has 4 rings (SSSR count). The molecule has 0 unspecified atom stereocenters. The van der Waals surface area contributed by atoms with Crippen molar-refractivity contribution in [1.29, 1.82) is 0 Å². The zero-order chi connectivity index (χ0) is 23.0. The predicted octanol–water partition coefficient (Wildman–Crippen LogP) is 3.56. The zero-order valence-corrected chi connectivity index (χ0v) is 17.2. The lowest BCUT2D eigenvalue weighted by molar-refractivity contribution is 0.0660. The number of halogens is 4. The molecule has 6 nitrogen and oxygen atoms in total. The molecule has 0 aliphatic carbocycles. The smallest absolute Gasteiger partial charge is 0.321 e. The molecule has 0 spiro atoms. The van der Waals surface area contributed by atoms with Gasteiger partial charge >= 0.3 is 6.55 Å². The van der Waals surface area contributed by atoms with Gasteiger partial charge in [-0.15, -0.1) is 0 Å². The van der Waals surface area contributed by atoms with E-state index in [1.807, 2.05) is 0 Å². The molecule has 4 heterocycles. The highest BCUT2D eigenvalue weighted by atomic mass is 19.3. The van der Waals surface area contributed by atoms with Gasteiger partial charge in [0.15, 0.2) is 0 Å². The Hall–Kier alpha value is -3.56. The fraction of sp³-hybridized carbons (Fsp3) is 0.273. The molecular weight excluding hydrogens is 426 g/mol. The Morgan fingerprint density at radius 2 is 1.69 bits per heavy atom. The summed E-state index contributed by atoms with van der Waals surface area (Å²) >= 11 is 0. The first kappa shape index (κ1) is 21.7. The van der Waals surface area contributed by atoms with Crippen LogP contribution in [0.3, 0.4) is 0 Å². The van der Waals surface area contributed by atoms with Crippen molar-refractivity contribution in [1.82, 2.24) is 19.9 Å². The minimum absolute atomic E-state index is 0.212. The highest BCUT2D eigenvalue weighted by Gasteiger charge is 2.46. The van der Waals surface area contributed by atoms with E-state index in [1.165, 1.54) is 42.7 Å². The number of hydrogen-bond acceptors (Lipinski definition) is 5. The van der Waals surface area contributed by atoms with E-state index in [0.717, 1.165) is 6.20 Å². The lowest BCUT2D eigenvalue weighted by atomic mass is 9.79. The Kier molecular flexibility index (Phi) is 5.53. The van der Waals surface area contributed by atoms with Gasteiger partial charge in [0, 0.05) is 40.8 Å². The van der Waals surface area contributed by atoms with Crippen molar-refractivity contribution in [3.63, 3.8) is 0 Å². The van der Waals surface area contributed by atoms with E-state index in [-0.39, 0.29) is 17.8 Å². The quantitative estimate of drug-likeness (QED) is 0.482. The Labute approximate surface area is 180 Å². The summed E-state index contributed by atoms with van der Waals surface area (Å²) in [5.41, 5.74) is -0.331. The Balaban J connectivity index is 1.86. The molecule has 1 aliphatic heterocycles. The fourth-order valence-electron chi connectivity index (χ4n) is 3.96. The van der Waals surface area contributed by atoms with Gasteiger partial charge in [0.2, 0.25) is 11.9 Å². The van der Waals surface area contributed by atoms with E-state index >= 15 is 0 Å². The number of nitrogens with one attached hydrogen (secondary N) is 1. The Bertz CT molecular complexity index is 1180. The largest absolute Gasteiger partial charge is 0.354 e. The second-order valence-corrected chi connectivity index (χ2v) is 7.42. The van der Waals surface area contributed by atoms with Gasteiger partial charge in [-0.05, 0) is 31.5 Å². The summed E-state index contributed by atoms with van der Waals surface area (Å²) < 4.78 is 54.3. The number of aromatic nitrogens is 3. The van der Waals surface area contributed by atoms with Crippen LogP contribution in [0.15, 0.2) is 58.7 Å². The molecule has 0 amide bonds. The van der Waals surface area contributed by atoms with Gasteiger partial charge in [0.25, 0.3) is 5.56 Å². The molecule has 166 valence electrons. The van der Waals surface area contributed by atoms with Gasteiger partial charge < -0.3 is 5.32 Å². The van der Waals surface area contributed by atoms with E-state index in [9.17, 15) is 22.4 Å². The molecule has 1 aliphatic rings. The van der Waals surface area contributed by atoms with Crippen molar-refractivity contribution in [3.8, 4) is 0 Å². The van der Waals surface area contributed by atoms with E-state index < -0.39 is 35.6 Å².